The summed E-state index contributed by atoms with van der Waals surface area (Å²) in [5.74, 6) is 0.121. The van der Waals surface area contributed by atoms with Crippen molar-refractivity contribution < 1.29 is 9.53 Å². The Labute approximate surface area is 103 Å². The standard InChI is InChI=1S/C14H21NO2/c1-2-14(16)15-10-6-7-11-17-12-13-8-4-3-5-9-13/h3-5,8-9H,2,6-7,10-12H2,1H3,(H,15,16). The zero-order chi connectivity index (χ0) is 12.3. The van der Waals surface area contributed by atoms with Gasteiger partial charge < -0.3 is 10.1 Å². The van der Waals surface area contributed by atoms with Crippen molar-refractivity contribution in [2.45, 2.75) is 32.8 Å². The fourth-order valence-electron chi connectivity index (χ4n) is 1.45. The number of ether oxygens (including phenoxy) is 1. The molecule has 17 heavy (non-hydrogen) atoms. The van der Waals surface area contributed by atoms with Crippen molar-refractivity contribution in [3.63, 3.8) is 0 Å². The largest absolute Gasteiger partial charge is 0.377 e. The van der Waals surface area contributed by atoms with Gasteiger partial charge in [0, 0.05) is 19.6 Å². The van der Waals surface area contributed by atoms with Crippen LogP contribution < -0.4 is 5.32 Å². The Morgan fingerprint density at radius 1 is 1.24 bits per heavy atom. The van der Waals surface area contributed by atoms with Crippen LogP contribution in [0, 0.1) is 0 Å². The van der Waals surface area contributed by atoms with E-state index in [0.717, 1.165) is 26.0 Å². The summed E-state index contributed by atoms with van der Waals surface area (Å²) in [5, 5.41) is 2.85. The van der Waals surface area contributed by atoms with E-state index in [4.69, 9.17) is 4.74 Å². The number of hydrogen-bond acceptors (Lipinski definition) is 2. The van der Waals surface area contributed by atoms with Crippen LogP contribution in [0.1, 0.15) is 31.7 Å². The molecule has 3 nitrogen and oxygen atoms in total. The Bertz CT molecular complexity index is 311. The van der Waals surface area contributed by atoms with E-state index in [-0.39, 0.29) is 5.91 Å². The van der Waals surface area contributed by atoms with Gasteiger partial charge in [-0.05, 0) is 18.4 Å². The van der Waals surface area contributed by atoms with E-state index in [9.17, 15) is 4.79 Å². The second kappa shape index (κ2) is 8.76. The molecular weight excluding hydrogens is 214 g/mol. The summed E-state index contributed by atoms with van der Waals surface area (Å²) in [6.45, 7) is 4.03. The normalized spacial score (nSPS) is 10.2. The summed E-state index contributed by atoms with van der Waals surface area (Å²) in [6, 6.07) is 10.1. The number of unbranched alkanes of at least 4 members (excludes halogenated alkanes) is 1. The fraction of sp³-hybridized carbons (Fsp3) is 0.500. The van der Waals surface area contributed by atoms with Gasteiger partial charge in [0.15, 0.2) is 0 Å². The molecule has 0 heterocycles. The highest BCUT2D eigenvalue weighted by Crippen LogP contribution is 2.01. The molecule has 0 spiro atoms. The summed E-state index contributed by atoms with van der Waals surface area (Å²) < 4.78 is 5.54. The molecule has 0 aliphatic heterocycles. The minimum absolute atomic E-state index is 0.121. The number of carbonyl (C=O) groups is 1. The molecule has 1 N–H and O–H groups in total. The predicted molar refractivity (Wildman–Crippen MR) is 68.6 cm³/mol. The Balaban J connectivity index is 1.93. The van der Waals surface area contributed by atoms with Crippen molar-refractivity contribution in [2.75, 3.05) is 13.2 Å². The highest BCUT2D eigenvalue weighted by Gasteiger charge is 1.95. The maximum absolute atomic E-state index is 10.9. The summed E-state index contributed by atoms with van der Waals surface area (Å²) >= 11 is 0. The molecule has 0 bridgehead atoms. The summed E-state index contributed by atoms with van der Waals surface area (Å²) in [5.41, 5.74) is 1.20. The van der Waals surface area contributed by atoms with Crippen LogP contribution in [0.25, 0.3) is 0 Å². The van der Waals surface area contributed by atoms with Crippen LogP contribution in [0.15, 0.2) is 30.3 Å². The number of rotatable bonds is 8. The lowest BCUT2D eigenvalue weighted by Crippen LogP contribution is -2.23. The van der Waals surface area contributed by atoms with Crippen LogP contribution >= 0.6 is 0 Å². The maximum atomic E-state index is 10.9. The lowest BCUT2D eigenvalue weighted by molar-refractivity contribution is -0.120. The molecule has 0 fully saturated rings. The third-order valence-corrected chi connectivity index (χ3v) is 2.47. The first-order chi connectivity index (χ1) is 8.33. The first kappa shape index (κ1) is 13.7. The average Bonchev–Trinajstić information content (AvgIpc) is 2.38. The quantitative estimate of drug-likeness (QED) is 0.703. The third kappa shape index (κ3) is 6.74. The fourth-order valence-corrected chi connectivity index (χ4v) is 1.45. The summed E-state index contributed by atoms with van der Waals surface area (Å²) in [6.07, 6.45) is 2.52. The molecule has 0 saturated heterocycles. The van der Waals surface area contributed by atoms with Crippen molar-refractivity contribution in [1.82, 2.24) is 5.32 Å². The van der Waals surface area contributed by atoms with Gasteiger partial charge in [-0.2, -0.15) is 0 Å². The van der Waals surface area contributed by atoms with Gasteiger partial charge in [0.25, 0.3) is 0 Å². The second-order valence-corrected chi connectivity index (χ2v) is 3.95. The zero-order valence-corrected chi connectivity index (χ0v) is 10.4. The number of hydrogen-bond donors (Lipinski definition) is 1. The molecule has 1 aromatic carbocycles. The highest BCUT2D eigenvalue weighted by molar-refractivity contribution is 5.75. The van der Waals surface area contributed by atoms with E-state index in [0.29, 0.717) is 13.0 Å². The van der Waals surface area contributed by atoms with E-state index in [1.54, 1.807) is 0 Å². The zero-order valence-electron chi connectivity index (χ0n) is 10.4. The van der Waals surface area contributed by atoms with Gasteiger partial charge in [-0.15, -0.1) is 0 Å². The van der Waals surface area contributed by atoms with Crippen LogP contribution in [0.5, 0.6) is 0 Å². The minimum Gasteiger partial charge on any atom is -0.377 e. The van der Waals surface area contributed by atoms with Gasteiger partial charge in [-0.1, -0.05) is 37.3 Å². The van der Waals surface area contributed by atoms with Crippen molar-refractivity contribution in [3.05, 3.63) is 35.9 Å². The number of nitrogens with one attached hydrogen (secondary N) is 1. The minimum atomic E-state index is 0.121. The van der Waals surface area contributed by atoms with Crippen molar-refractivity contribution in [1.29, 1.82) is 0 Å². The van der Waals surface area contributed by atoms with Crippen molar-refractivity contribution in [3.8, 4) is 0 Å². The topological polar surface area (TPSA) is 38.3 Å². The molecule has 0 atom stereocenters. The summed E-state index contributed by atoms with van der Waals surface area (Å²) in [7, 11) is 0. The number of carbonyl (C=O) groups excluding carboxylic acids is 1. The van der Waals surface area contributed by atoms with Gasteiger partial charge in [0.05, 0.1) is 6.61 Å². The molecular formula is C14H21NO2. The van der Waals surface area contributed by atoms with Crippen LogP contribution in [-0.2, 0) is 16.1 Å². The molecule has 3 heteroatoms. The molecule has 0 aliphatic carbocycles. The SMILES string of the molecule is CCC(=O)NCCCCOCc1ccccc1. The Kier molecular flexibility index (Phi) is 7.07. The van der Waals surface area contributed by atoms with E-state index in [2.05, 4.69) is 17.4 Å². The monoisotopic (exact) mass is 235 g/mol. The maximum Gasteiger partial charge on any atom is 0.219 e. The molecule has 1 amide bonds. The van der Waals surface area contributed by atoms with Gasteiger partial charge in [0.2, 0.25) is 5.91 Å². The lowest BCUT2D eigenvalue weighted by atomic mass is 10.2. The molecule has 0 aromatic heterocycles. The lowest BCUT2D eigenvalue weighted by Gasteiger charge is -2.05. The first-order valence-electron chi connectivity index (χ1n) is 6.21. The Morgan fingerprint density at radius 3 is 2.71 bits per heavy atom. The third-order valence-electron chi connectivity index (χ3n) is 2.47. The van der Waals surface area contributed by atoms with Crippen LogP contribution in [0.3, 0.4) is 0 Å². The highest BCUT2D eigenvalue weighted by atomic mass is 16.5. The second-order valence-electron chi connectivity index (χ2n) is 3.95. The van der Waals surface area contributed by atoms with Gasteiger partial charge >= 0.3 is 0 Å². The average molecular weight is 235 g/mol. The van der Waals surface area contributed by atoms with Crippen molar-refractivity contribution >= 4 is 5.91 Å². The van der Waals surface area contributed by atoms with Gasteiger partial charge in [0.1, 0.15) is 0 Å². The van der Waals surface area contributed by atoms with E-state index >= 15 is 0 Å². The molecule has 0 radical (unpaired) electrons. The first-order valence-corrected chi connectivity index (χ1v) is 6.21. The molecule has 94 valence electrons. The van der Waals surface area contributed by atoms with E-state index in [1.807, 2.05) is 25.1 Å². The number of benzene rings is 1. The van der Waals surface area contributed by atoms with E-state index in [1.165, 1.54) is 5.56 Å². The molecule has 1 aromatic rings. The molecule has 0 unspecified atom stereocenters. The van der Waals surface area contributed by atoms with E-state index < -0.39 is 0 Å². The van der Waals surface area contributed by atoms with Crippen LogP contribution in [0.2, 0.25) is 0 Å². The summed E-state index contributed by atoms with van der Waals surface area (Å²) in [4.78, 5) is 10.9. The number of amides is 1. The Hall–Kier alpha value is -1.35. The van der Waals surface area contributed by atoms with Crippen LogP contribution in [-0.4, -0.2) is 19.1 Å². The predicted octanol–water partition coefficient (Wildman–Crippen LogP) is 2.51. The molecule has 1 rings (SSSR count). The van der Waals surface area contributed by atoms with Crippen molar-refractivity contribution in [2.24, 2.45) is 0 Å². The molecule has 0 aliphatic rings. The van der Waals surface area contributed by atoms with Gasteiger partial charge in [-0.25, -0.2) is 0 Å². The molecule has 0 saturated carbocycles. The smallest absolute Gasteiger partial charge is 0.219 e. The van der Waals surface area contributed by atoms with Gasteiger partial charge in [-0.3, -0.25) is 4.79 Å². The Morgan fingerprint density at radius 2 is 2.00 bits per heavy atom. The van der Waals surface area contributed by atoms with Crippen LogP contribution in [0.4, 0.5) is 0 Å².